The maximum atomic E-state index is 12.6. The predicted octanol–water partition coefficient (Wildman–Crippen LogP) is 3.84. The van der Waals surface area contributed by atoms with Crippen LogP contribution in [0.4, 0.5) is 0 Å². The Kier molecular flexibility index (Phi) is 4.52. The van der Waals surface area contributed by atoms with E-state index in [4.69, 9.17) is 0 Å². The Hall–Kier alpha value is -1.14. The molecule has 0 N–H and O–H groups in total. The van der Waals surface area contributed by atoms with Crippen LogP contribution in [0.5, 0.6) is 0 Å². The first kappa shape index (κ1) is 16.3. The van der Waals surface area contributed by atoms with Crippen LogP contribution < -0.4 is 0 Å². The molecule has 1 aliphatic carbocycles. The molecule has 2 aliphatic rings. The molecule has 6 heteroatoms. The number of hydrogen-bond acceptors (Lipinski definition) is 5. The van der Waals surface area contributed by atoms with E-state index in [1.54, 1.807) is 11.8 Å². The maximum absolute atomic E-state index is 12.6. The number of carbonyl (C=O) groups is 1. The van der Waals surface area contributed by atoms with Gasteiger partial charge in [-0.15, -0.1) is 11.3 Å². The highest BCUT2D eigenvalue weighted by molar-refractivity contribution is 8.00. The average molecular weight is 362 g/mol. The lowest BCUT2D eigenvalue weighted by Gasteiger charge is -2.30. The number of rotatable bonds is 3. The highest BCUT2D eigenvalue weighted by atomic mass is 32.2. The molecule has 0 spiro atoms. The van der Waals surface area contributed by atoms with Crippen molar-refractivity contribution in [3.05, 3.63) is 16.3 Å². The highest BCUT2D eigenvalue weighted by Gasteiger charge is 2.24. The molecule has 0 bridgehead atoms. The topological polar surface area (TPSA) is 46.1 Å². The summed E-state index contributed by atoms with van der Waals surface area (Å²) >= 11 is 3.42. The van der Waals surface area contributed by atoms with Gasteiger partial charge >= 0.3 is 0 Å². The van der Waals surface area contributed by atoms with Crippen molar-refractivity contribution in [3.8, 4) is 0 Å². The summed E-state index contributed by atoms with van der Waals surface area (Å²) in [6.07, 6.45) is 5.91. The first-order chi connectivity index (χ1) is 11.6. The molecule has 1 fully saturated rings. The summed E-state index contributed by atoms with van der Waals surface area (Å²) in [6.45, 7) is 6.00. The van der Waals surface area contributed by atoms with Crippen LogP contribution in [-0.4, -0.2) is 39.6 Å². The number of likely N-dealkylation sites (tertiary alicyclic amines) is 1. The number of amides is 1. The van der Waals surface area contributed by atoms with Gasteiger partial charge in [-0.3, -0.25) is 4.79 Å². The SMILES string of the molecule is Cc1nc(SCC(=O)N2CCC[C@@H](C)C2)c2c3c(sc2n1)CCC3. The second-order valence-electron chi connectivity index (χ2n) is 6.99. The third-order valence-corrected chi connectivity index (χ3v) is 7.13. The van der Waals surface area contributed by atoms with Gasteiger partial charge in [0.1, 0.15) is 15.7 Å². The number of fused-ring (bicyclic) bond motifs is 3. The molecule has 4 rings (SSSR count). The third kappa shape index (κ3) is 3.06. The largest absolute Gasteiger partial charge is 0.342 e. The van der Waals surface area contributed by atoms with E-state index in [0.717, 1.165) is 41.6 Å². The quantitative estimate of drug-likeness (QED) is 0.615. The van der Waals surface area contributed by atoms with Gasteiger partial charge in [0.2, 0.25) is 5.91 Å². The van der Waals surface area contributed by atoms with Crippen molar-refractivity contribution in [1.82, 2.24) is 14.9 Å². The average Bonchev–Trinajstić information content (AvgIpc) is 3.12. The van der Waals surface area contributed by atoms with Gasteiger partial charge in [-0.2, -0.15) is 0 Å². The van der Waals surface area contributed by atoms with E-state index in [1.165, 1.54) is 35.1 Å². The van der Waals surface area contributed by atoms with Gasteiger partial charge in [-0.1, -0.05) is 18.7 Å². The summed E-state index contributed by atoms with van der Waals surface area (Å²) in [7, 11) is 0. The van der Waals surface area contributed by atoms with E-state index in [0.29, 0.717) is 11.7 Å². The van der Waals surface area contributed by atoms with Crippen LogP contribution in [0.25, 0.3) is 10.2 Å². The molecule has 1 saturated heterocycles. The number of piperidine rings is 1. The number of aromatic nitrogens is 2. The Balaban J connectivity index is 1.55. The van der Waals surface area contributed by atoms with Crippen molar-refractivity contribution in [3.63, 3.8) is 0 Å². The number of thiophene rings is 1. The first-order valence-corrected chi connectivity index (χ1v) is 10.6. The van der Waals surface area contributed by atoms with Crippen molar-refractivity contribution in [2.24, 2.45) is 5.92 Å². The van der Waals surface area contributed by atoms with E-state index >= 15 is 0 Å². The lowest BCUT2D eigenvalue weighted by Crippen LogP contribution is -2.40. The van der Waals surface area contributed by atoms with Gasteiger partial charge in [0.25, 0.3) is 0 Å². The van der Waals surface area contributed by atoms with Crippen LogP contribution >= 0.6 is 23.1 Å². The van der Waals surface area contributed by atoms with Crippen molar-refractivity contribution in [2.45, 2.75) is 51.0 Å². The van der Waals surface area contributed by atoms with Gasteiger partial charge < -0.3 is 4.90 Å². The van der Waals surface area contributed by atoms with Crippen LogP contribution in [0.2, 0.25) is 0 Å². The smallest absolute Gasteiger partial charge is 0.232 e. The number of aryl methyl sites for hydroxylation is 3. The molecule has 4 nitrogen and oxygen atoms in total. The molecule has 1 aliphatic heterocycles. The number of thioether (sulfide) groups is 1. The van der Waals surface area contributed by atoms with Gasteiger partial charge in [0, 0.05) is 23.4 Å². The Morgan fingerprint density at radius 1 is 1.33 bits per heavy atom. The minimum absolute atomic E-state index is 0.253. The van der Waals surface area contributed by atoms with Crippen LogP contribution in [0.15, 0.2) is 5.03 Å². The van der Waals surface area contributed by atoms with E-state index in [9.17, 15) is 4.79 Å². The lowest BCUT2D eigenvalue weighted by atomic mass is 10.0. The summed E-state index contributed by atoms with van der Waals surface area (Å²) < 4.78 is 0. The zero-order chi connectivity index (χ0) is 16.7. The second kappa shape index (κ2) is 6.64. The molecule has 0 unspecified atom stereocenters. The fraction of sp³-hybridized carbons (Fsp3) is 0.611. The Morgan fingerprint density at radius 2 is 2.21 bits per heavy atom. The zero-order valence-corrected chi connectivity index (χ0v) is 15.9. The summed E-state index contributed by atoms with van der Waals surface area (Å²) in [5.41, 5.74) is 1.44. The fourth-order valence-electron chi connectivity index (χ4n) is 3.81. The normalized spacial score (nSPS) is 20.6. The number of nitrogens with zero attached hydrogens (tertiary/aromatic N) is 3. The molecular weight excluding hydrogens is 338 g/mol. The molecule has 0 radical (unpaired) electrons. The van der Waals surface area contributed by atoms with Crippen LogP contribution in [0.1, 0.15) is 42.5 Å². The molecule has 2 aromatic heterocycles. The van der Waals surface area contributed by atoms with Crippen molar-refractivity contribution in [1.29, 1.82) is 0 Å². The van der Waals surface area contributed by atoms with E-state index in [2.05, 4.69) is 16.9 Å². The monoisotopic (exact) mass is 361 g/mol. The minimum Gasteiger partial charge on any atom is -0.342 e. The zero-order valence-electron chi connectivity index (χ0n) is 14.3. The fourth-order valence-corrected chi connectivity index (χ4v) is 6.18. The molecule has 2 aromatic rings. The van der Waals surface area contributed by atoms with Crippen molar-refractivity contribution >= 4 is 39.2 Å². The predicted molar refractivity (Wildman–Crippen MR) is 99.9 cm³/mol. The summed E-state index contributed by atoms with van der Waals surface area (Å²) in [5.74, 6) is 2.18. The summed E-state index contributed by atoms with van der Waals surface area (Å²) in [6, 6.07) is 0. The maximum Gasteiger partial charge on any atom is 0.232 e. The lowest BCUT2D eigenvalue weighted by molar-refractivity contribution is -0.130. The molecule has 3 heterocycles. The van der Waals surface area contributed by atoms with Gasteiger partial charge in [-0.25, -0.2) is 9.97 Å². The summed E-state index contributed by atoms with van der Waals surface area (Å²) in [4.78, 5) is 26.5. The number of carbonyl (C=O) groups excluding carboxylic acids is 1. The van der Waals surface area contributed by atoms with Crippen LogP contribution in [0, 0.1) is 12.8 Å². The Morgan fingerprint density at radius 3 is 3.04 bits per heavy atom. The second-order valence-corrected chi connectivity index (χ2v) is 9.04. The van der Waals surface area contributed by atoms with Crippen molar-refractivity contribution < 1.29 is 4.79 Å². The summed E-state index contributed by atoms with van der Waals surface area (Å²) in [5, 5.41) is 2.23. The molecule has 0 saturated carbocycles. The van der Waals surface area contributed by atoms with E-state index in [-0.39, 0.29) is 5.91 Å². The molecule has 0 aromatic carbocycles. The number of hydrogen-bond donors (Lipinski definition) is 0. The minimum atomic E-state index is 0.253. The molecule has 1 amide bonds. The van der Waals surface area contributed by atoms with E-state index in [1.807, 2.05) is 23.2 Å². The highest BCUT2D eigenvalue weighted by Crippen LogP contribution is 2.40. The molecule has 24 heavy (non-hydrogen) atoms. The van der Waals surface area contributed by atoms with Gasteiger partial charge in [-0.05, 0) is 50.5 Å². The first-order valence-electron chi connectivity index (χ1n) is 8.81. The van der Waals surface area contributed by atoms with Gasteiger partial charge in [0.05, 0.1) is 5.75 Å². The third-order valence-electron chi connectivity index (χ3n) is 4.99. The van der Waals surface area contributed by atoms with Gasteiger partial charge in [0.15, 0.2) is 0 Å². The Bertz CT molecular complexity index is 786. The van der Waals surface area contributed by atoms with E-state index < -0.39 is 0 Å². The standard InChI is InChI=1S/C18H23N3OS2/c1-11-5-4-8-21(9-11)15(22)10-23-17-16-13-6-3-7-14(13)24-18(16)20-12(2)19-17/h11H,3-10H2,1-2H3/t11-/m1/s1. The molecule has 128 valence electrons. The molecule has 1 atom stereocenters. The van der Waals surface area contributed by atoms with Crippen molar-refractivity contribution in [2.75, 3.05) is 18.8 Å². The van der Waals surface area contributed by atoms with Crippen LogP contribution in [-0.2, 0) is 17.6 Å². The molecular formula is C18H23N3OS2. The Labute approximate surface area is 151 Å². The van der Waals surface area contributed by atoms with Crippen LogP contribution in [0.3, 0.4) is 0 Å².